The van der Waals surface area contributed by atoms with E-state index in [0.29, 0.717) is 5.82 Å². The maximum Gasteiger partial charge on any atom is 0.358 e. The summed E-state index contributed by atoms with van der Waals surface area (Å²) >= 11 is 0. The topological polar surface area (TPSA) is 73.3 Å². The Labute approximate surface area is 128 Å². The number of aromatic nitrogens is 2. The molecule has 1 aliphatic carbocycles. The summed E-state index contributed by atoms with van der Waals surface area (Å²) in [4.78, 5) is 19.6. The standard InChI is InChI=1S/C16H17N3O3/c1-21-14-5-3-4-10-6-11(7-12(10)14)19-15-9-17-13(8-18-15)16(20)22-2/h3-5,8-9,11H,6-7H2,1-2H3,(H,18,19). The average molecular weight is 299 g/mol. The highest BCUT2D eigenvalue weighted by Crippen LogP contribution is 2.31. The van der Waals surface area contributed by atoms with Gasteiger partial charge in [0, 0.05) is 6.04 Å². The van der Waals surface area contributed by atoms with Crippen molar-refractivity contribution in [2.45, 2.75) is 18.9 Å². The molecule has 114 valence electrons. The molecule has 0 amide bonds. The first-order chi connectivity index (χ1) is 10.7. The Morgan fingerprint density at radius 2 is 2.09 bits per heavy atom. The van der Waals surface area contributed by atoms with E-state index in [-0.39, 0.29) is 11.7 Å². The lowest BCUT2D eigenvalue weighted by Crippen LogP contribution is -2.20. The second-order valence-corrected chi connectivity index (χ2v) is 5.13. The second-order valence-electron chi connectivity index (χ2n) is 5.13. The molecule has 1 atom stereocenters. The number of methoxy groups -OCH3 is 2. The fourth-order valence-corrected chi connectivity index (χ4v) is 2.73. The van der Waals surface area contributed by atoms with Gasteiger partial charge in [-0.3, -0.25) is 0 Å². The maximum absolute atomic E-state index is 11.3. The highest BCUT2D eigenvalue weighted by molar-refractivity contribution is 5.86. The van der Waals surface area contributed by atoms with E-state index < -0.39 is 5.97 Å². The van der Waals surface area contributed by atoms with Crippen molar-refractivity contribution in [3.05, 3.63) is 47.4 Å². The number of nitrogens with zero attached hydrogens (tertiary/aromatic N) is 2. The van der Waals surface area contributed by atoms with Crippen LogP contribution < -0.4 is 10.1 Å². The number of hydrogen-bond acceptors (Lipinski definition) is 6. The Morgan fingerprint density at radius 1 is 1.23 bits per heavy atom. The molecule has 0 aliphatic heterocycles. The summed E-state index contributed by atoms with van der Waals surface area (Å²) in [5.74, 6) is 1.08. The van der Waals surface area contributed by atoms with Crippen LogP contribution >= 0.6 is 0 Å². The summed E-state index contributed by atoms with van der Waals surface area (Å²) in [6.45, 7) is 0. The minimum Gasteiger partial charge on any atom is -0.496 e. The number of ether oxygens (including phenoxy) is 2. The molecule has 1 aromatic carbocycles. The van der Waals surface area contributed by atoms with Crippen LogP contribution in [0.15, 0.2) is 30.6 Å². The SMILES string of the molecule is COC(=O)c1cnc(NC2Cc3cccc(OC)c3C2)cn1. The van der Waals surface area contributed by atoms with Crippen LogP contribution in [-0.4, -0.2) is 36.2 Å². The third kappa shape index (κ3) is 2.72. The summed E-state index contributed by atoms with van der Waals surface area (Å²) in [5.41, 5.74) is 2.72. The highest BCUT2D eigenvalue weighted by Gasteiger charge is 2.24. The first-order valence-corrected chi connectivity index (χ1v) is 7.03. The van der Waals surface area contributed by atoms with Gasteiger partial charge >= 0.3 is 5.97 Å². The number of hydrogen-bond donors (Lipinski definition) is 1. The van der Waals surface area contributed by atoms with Gasteiger partial charge in [-0.2, -0.15) is 0 Å². The Kier molecular flexibility index (Phi) is 3.91. The Balaban J connectivity index is 1.69. The Hall–Kier alpha value is -2.63. The van der Waals surface area contributed by atoms with Crippen LogP contribution in [0.25, 0.3) is 0 Å². The molecular weight excluding hydrogens is 282 g/mol. The predicted molar refractivity (Wildman–Crippen MR) is 81.2 cm³/mol. The van der Waals surface area contributed by atoms with Gasteiger partial charge in [-0.1, -0.05) is 12.1 Å². The zero-order valence-corrected chi connectivity index (χ0v) is 12.5. The summed E-state index contributed by atoms with van der Waals surface area (Å²) in [6.07, 6.45) is 4.75. The van der Waals surface area contributed by atoms with Gasteiger partial charge in [-0.05, 0) is 30.0 Å². The molecule has 0 saturated carbocycles. The zero-order chi connectivity index (χ0) is 15.5. The van der Waals surface area contributed by atoms with Crippen LogP contribution in [-0.2, 0) is 17.6 Å². The zero-order valence-electron chi connectivity index (χ0n) is 12.5. The van der Waals surface area contributed by atoms with Gasteiger partial charge in [0.05, 0.1) is 26.6 Å². The van der Waals surface area contributed by atoms with E-state index in [2.05, 4.69) is 26.1 Å². The maximum atomic E-state index is 11.3. The van der Waals surface area contributed by atoms with Crippen LogP contribution in [0.3, 0.4) is 0 Å². The lowest BCUT2D eigenvalue weighted by atomic mass is 10.1. The van der Waals surface area contributed by atoms with E-state index in [1.54, 1.807) is 13.3 Å². The molecule has 3 rings (SSSR count). The third-order valence-electron chi connectivity index (χ3n) is 3.77. The summed E-state index contributed by atoms with van der Waals surface area (Å²) in [5, 5.41) is 3.34. The Bertz CT molecular complexity index is 686. The summed E-state index contributed by atoms with van der Waals surface area (Å²) < 4.78 is 10.0. The average Bonchev–Trinajstić information content (AvgIpc) is 2.97. The van der Waals surface area contributed by atoms with Gasteiger partial charge < -0.3 is 14.8 Å². The number of rotatable bonds is 4. The smallest absolute Gasteiger partial charge is 0.358 e. The van der Waals surface area contributed by atoms with Crippen LogP contribution in [0, 0.1) is 0 Å². The molecule has 22 heavy (non-hydrogen) atoms. The van der Waals surface area contributed by atoms with Crippen molar-refractivity contribution in [1.29, 1.82) is 0 Å². The van der Waals surface area contributed by atoms with Gasteiger partial charge in [0.15, 0.2) is 5.69 Å². The highest BCUT2D eigenvalue weighted by atomic mass is 16.5. The lowest BCUT2D eigenvalue weighted by Gasteiger charge is -2.12. The van der Waals surface area contributed by atoms with Crippen molar-refractivity contribution in [1.82, 2.24) is 9.97 Å². The van der Waals surface area contributed by atoms with Crippen molar-refractivity contribution in [3.8, 4) is 5.75 Å². The minimum atomic E-state index is -0.489. The molecular formula is C16H17N3O3. The molecule has 2 aromatic rings. The van der Waals surface area contributed by atoms with E-state index in [4.69, 9.17) is 4.74 Å². The van der Waals surface area contributed by atoms with E-state index in [1.807, 2.05) is 12.1 Å². The van der Waals surface area contributed by atoms with E-state index in [9.17, 15) is 4.79 Å². The van der Waals surface area contributed by atoms with Crippen molar-refractivity contribution in [3.63, 3.8) is 0 Å². The van der Waals surface area contributed by atoms with Gasteiger partial charge in [0.25, 0.3) is 0 Å². The fraction of sp³-hybridized carbons (Fsp3) is 0.312. The molecule has 6 heteroatoms. The fourth-order valence-electron chi connectivity index (χ4n) is 2.73. The molecule has 6 nitrogen and oxygen atoms in total. The largest absolute Gasteiger partial charge is 0.496 e. The van der Waals surface area contributed by atoms with Crippen LogP contribution in [0.4, 0.5) is 5.82 Å². The van der Waals surface area contributed by atoms with Crippen molar-refractivity contribution < 1.29 is 14.3 Å². The summed E-state index contributed by atoms with van der Waals surface area (Å²) in [7, 11) is 3.01. The number of carbonyl (C=O) groups excluding carboxylic acids is 1. The molecule has 1 N–H and O–H groups in total. The molecule has 1 aliphatic rings. The third-order valence-corrected chi connectivity index (χ3v) is 3.77. The van der Waals surface area contributed by atoms with Gasteiger partial charge in [0.1, 0.15) is 11.6 Å². The first kappa shape index (κ1) is 14.3. The molecule has 0 spiro atoms. The number of fused-ring (bicyclic) bond motifs is 1. The monoisotopic (exact) mass is 299 g/mol. The van der Waals surface area contributed by atoms with Crippen molar-refractivity contribution in [2.75, 3.05) is 19.5 Å². The molecule has 1 aromatic heterocycles. The van der Waals surface area contributed by atoms with E-state index in [1.165, 1.54) is 24.4 Å². The van der Waals surface area contributed by atoms with Gasteiger partial charge in [-0.15, -0.1) is 0 Å². The van der Waals surface area contributed by atoms with E-state index in [0.717, 1.165) is 18.6 Å². The van der Waals surface area contributed by atoms with E-state index >= 15 is 0 Å². The number of nitrogens with one attached hydrogen (secondary N) is 1. The molecule has 0 bridgehead atoms. The number of carbonyl (C=O) groups is 1. The molecule has 0 fully saturated rings. The quantitative estimate of drug-likeness (QED) is 0.869. The molecule has 1 unspecified atom stereocenters. The molecule has 1 heterocycles. The number of benzene rings is 1. The Morgan fingerprint density at radius 3 is 2.77 bits per heavy atom. The summed E-state index contributed by atoms with van der Waals surface area (Å²) in [6, 6.07) is 6.34. The van der Waals surface area contributed by atoms with Crippen LogP contribution in [0.5, 0.6) is 5.75 Å². The normalized spacial score (nSPS) is 16.0. The number of esters is 1. The minimum absolute atomic E-state index is 0.199. The van der Waals surface area contributed by atoms with Gasteiger partial charge in [0.2, 0.25) is 0 Å². The van der Waals surface area contributed by atoms with Crippen molar-refractivity contribution >= 4 is 11.8 Å². The second kappa shape index (κ2) is 6.01. The molecule has 0 saturated heterocycles. The predicted octanol–water partition coefficient (Wildman–Crippen LogP) is 1.85. The van der Waals surface area contributed by atoms with Crippen LogP contribution in [0.1, 0.15) is 21.6 Å². The molecule has 0 radical (unpaired) electrons. The first-order valence-electron chi connectivity index (χ1n) is 7.03. The van der Waals surface area contributed by atoms with Crippen molar-refractivity contribution in [2.24, 2.45) is 0 Å². The van der Waals surface area contributed by atoms with Gasteiger partial charge in [-0.25, -0.2) is 14.8 Å². The lowest BCUT2D eigenvalue weighted by molar-refractivity contribution is 0.0593. The number of anilines is 1. The van der Waals surface area contributed by atoms with Crippen LogP contribution in [0.2, 0.25) is 0 Å².